The Morgan fingerprint density at radius 1 is 1.07 bits per heavy atom. The van der Waals surface area contributed by atoms with Crippen LogP contribution in [0.2, 0.25) is 0 Å². The first-order valence-corrected chi connectivity index (χ1v) is 9.48. The van der Waals surface area contributed by atoms with Gasteiger partial charge >= 0.3 is 0 Å². The van der Waals surface area contributed by atoms with Crippen LogP contribution >= 0.6 is 0 Å². The second-order valence-corrected chi connectivity index (χ2v) is 7.16. The summed E-state index contributed by atoms with van der Waals surface area (Å²) in [5, 5.41) is 3.02. The highest BCUT2D eigenvalue weighted by Crippen LogP contribution is 2.28. The average molecular weight is 392 g/mol. The summed E-state index contributed by atoms with van der Waals surface area (Å²) in [4.78, 5) is 33.5. The van der Waals surface area contributed by atoms with Crippen molar-refractivity contribution in [1.82, 2.24) is 14.9 Å². The summed E-state index contributed by atoms with van der Waals surface area (Å²) < 4.78 is 13.3. The molecular formula is C22H21FN4O2. The zero-order valence-electron chi connectivity index (χ0n) is 15.8. The molecule has 4 rings (SSSR count). The summed E-state index contributed by atoms with van der Waals surface area (Å²) in [7, 11) is 0. The topological polar surface area (TPSA) is 78.1 Å². The van der Waals surface area contributed by atoms with E-state index in [1.54, 1.807) is 17.0 Å². The molecule has 0 aliphatic carbocycles. The number of benzene rings is 2. The number of likely N-dealkylation sites (tertiary alicyclic amines) is 1. The fourth-order valence-corrected chi connectivity index (χ4v) is 3.53. The van der Waals surface area contributed by atoms with Crippen LogP contribution < -0.4 is 10.9 Å². The van der Waals surface area contributed by atoms with Crippen molar-refractivity contribution in [2.45, 2.75) is 25.4 Å². The number of nitrogens with one attached hydrogen (secondary N) is 2. The molecule has 2 aromatic carbocycles. The molecule has 1 aliphatic rings. The van der Waals surface area contributed by atoms with Gasteiger partial charge in [0.25, 0.3) is 5.56 Å². The van der Waals surface area contributed by atoms with Crippen LogP contribution in [0.15, 0.2) is 65.5 Å². The monoisotopic (exact) mass is 392 g/mol. The number of rotatable bonds is 6. The number of carbonyl (C=O) groups excluding carboxylic acids is 1. The second-order valence-electron chi connectivity index (χ2n) is 7.16. The number of hydrogen-bond donors (Lipinski definition) is 2. The minimum absolute atomic E-state index is 0.0511. The predicted octanol–water partition coefficient (Wildman–Crippen LogP) is 3.04. The third-order valence-corrected chi connectivity index (χ3v) is 4.96. The van der Waals surface area contributed by atoms with Crippen LogP contribution in [0.4, 0.5) is 10.3 Å². The number of aromatic amines is 1. The number of hydrogen-bond acceptors (Lipinski definition) is 4. The molecule has 0 spiro atoms. The number of H-pyrrole nitrogens is 1. The third kappa shape index (κ3) is 4.68. The van der Waals surface area contributed by atoms with Crippen molar-refractivity contribution in [2.24, 2.45) is 0 Å². The molecule has 1 aliphatic heterocycles. The number of carbonyl (C=O) groups is 1. The minimum atomic E-state index is -0.317. The Kier molecular flexibility index (Phi) is 5.37. The van der Waals surface area contributed by atoms with Crippen molar-refractivity contribution >= 4 is 11.9 Å². The number of anilines is 1. The highest BCUT2D eigenvalue weighted by Gasteiger charge is 2.31. The molecule has 0 bridgehead atoms. The molecule has 1 saturated heterocycles. The van der Waals surface area contributed by atoms with E-state index in [1.165, 1.54) is 18.2 Å². The molecule has 2 N–H and O–H groups in total. The molecule has 1 fully saturated rings. The first-order valence-electron chi connectivity index (χ1n) is 9.48. The zero-order chi connectivity index (χ0) is 20.2. The van der Waals surface area contributed by atoms with Crippen LogP contribution in [-0.4, -0.2) is 27.3 Å². The lowest BCUT2D eigenvalue weighted by Gasteiger charge is -2.17. The molecule has 0 saturated carbocycles. The summed E-state index contributed by atoms with van der Waals surface area (Å²) in [5.74, 6) is -0.0911. The molecular weight excluding hydrogens is 371 g/mol. The number of nitrogens with zero attached hydrogens (tertiary/aromatic N) is 2. The van der Waals surface area contributed by atoms with Gasteiger partial charge in [-0.1, -0.05) is 42.5 Å². The van der Waals surface area contributed by atoms with Gasteiger partial charge in [0.1, 0.15) is 5.82 Å². The van der Waals surface area contributed by atoms with Crippen molar-refractivity contribution < 1.29 is 9.18 Å². The fraction of sp³-hybridized carbons (Fsp3) is 0.227. The normalized spacial score (nSPS) is 16.2. The van der Waals surface area contributed by atoms with Gasteiger partial charge in [0, 0.05) is 38.0 Å². The van der Waals surface area contributed by atoms with Gasteiger partial charge in [0.05, 0.1) is 5.69 Å². The van der Waals surface area contributed by atoms with E-state index in [2.05, 4.69) is 15.3 Å². The smallest absolute Gasteiger partial charge is 0.252 e. The van der Waals surface area contributed by atoms with E-state index in [-0.39, 0.29) is 23.2 Å². The van der Waals surface area contributed by atoms with E-state index < -0.39 is 0 Å². The molecule has 148 valence electrons. The quantitative estimate of drug-likeness (QED) is 0.676. The Labute approximate surface area is 167 Å². The first-order chi connectivity index (χ1) is 14.1. The van der Waals surface area contributed by atoms with Gasteiger partial charge in [-0.3, -0.25) is 14.6 Å². The van der Waals surface area contributed by atoms with Crippen molar-refractivity contribution in [2.75, 3.05) is 11.9 Å². The summed E-state index contributed by atoms with van der Waals surface area (Å²) in [6, 6.07) is 17.5. The molecule has 1 amide bonds. The van der Waals surface area contributed by atoms with E-state index in [0.29, 0.717) is 37.7 Å². The predicted molar refractivity (Wildman–Crippen MR) is 108 cm³/mol. The second kappa shape index (κ2) is 8.26. The highest BCUT2D eigenvalue weighted by atomic mass is 19.1. The van der Waals surface area contributed by atoms with E-state index >= 15 is 0 Å². The van der Waals surface area contributed by atoms with Crippen molar-refractivity contribution in [1.29, 1.82) is 0 Å². The average Bonchev–Trinajstić information content (AvgIpc) is 3.07. The lowest BCUT2D eigenvalue weighted by atomic mass is 10.0. The van der Waals surface area contributed by atoms with Gasteiger partial charge in [-0.25, -0.2) is 9.37 Å². The largest absolute Gasteiger partial charge is 0.352 e. The highest BCUT2D eigenvalue weighted by molar-refractivity contribution is 5.79. The van der Waals surface area contributed by atoms with Gasteiger partial charge in [-0.15, -0.1) is 0 Å². The van der Waals surface area contributed by atoms with E-state index in [9.17, 15) is 14.0 Å². The zero-order valence-corrected chi connectivity index (χ0v) is 15.8. The van der Waals surface area contributed by atoms with Gasteiger partial charge in [0.15, 0.2) is 0 Å². The van der Waals surface area contributed by atoms with Crippen LogP contribution in [0.1, 0.15) is 29.2 Å². The van der Waals surface area contributed by atoms with Crippen LogP contribution in [-0.2, 0) is 17.9 Å². The number of aromatic nitrogens is 2. The van der Waals surface area contributed by atoms with Crippen molar-refractivity contribution in [3.8, 4) is 0 Å². The van der Waals surface area contributed by atoms with E-state index in [0.717, 1.165) is 11.1 Å². The molecule has 0 radical (unpaired) electrons. The Bertz CT molecular complexity index is 1070. The maximum Gasteiger partial charge on any atom is 0.252 e. The van der Waals surface area contributed by atoms with Gasteiger partial charge in [0.2, 0.25) is 11.9 Å². The maximum atomic E-state index is 13.3. The van der Waals surface area contributed by atoms with Crippen LogP contribution in [0.3, 0.4) is 0 Å². The van der Waals surface area contributed by atoms with Crippen molar-refractivity contribution in [3.05, 3.63) is 93.7 Å². The van der Waals surface area contributed by atoms with E-state index in [1.807, 2.05) is 30.3 Å². The van der Waals surface area contributed by atoms with Crippen LogP contribution in [0.25, 0.3) is 0 Å². The fourth-order valence-electron chi connectivity index (χ4n) is 3.53. The molecule has 29 heavy (non-hydrogen) atoms. The lowest BCUT2D eigenvalue weighted by Crippen LogP contribution is -2.24. The molecule has 6 nitrogen and oxygen atoms in total. The van der Waals surface area contributed by atoms with Crippen molar-refractivity contribution in [3.63, 3.8) is 0 Å². The summed E-state index contributed by atoms with van der Waals surface area (Å²) in [6.07, 6.45) is 0.326. The molecule has 3 aromatic rings. The lowest BCUT2D eigenvalue weighted by molar-refractivity contribution is -0.128. The van der Waals surface area contributed by atoms with Gasteiger partial charge in [-0.05, 0) is 23.3 Å². The molecule has 0 unspecified atom stereocenters. The SMILES string of the molecule is O=C1C[C@H](c2cc(=O)[nH]c(NCc3cccc(F)c3)n2)CN1Cc1ccccc1. The molecule has 7 heteroatoms. The standard InChI is InChI=1S/C22H21FN4O2/c23-18-8-4-7-16(9-18)12-24-22-25-19(11-20(28)26-22)17-10-21(29)27(14-17)13-15-5-2-1-3-6-15/h1-9,11,17H,10,12-14H2,(H2,24,25,26,28)/t17-/m0/s1. The minimum Gasteiger partial charge on any atom is -0.352 e. The van der Waals surface area contributed by atoms with Gasteiger partial charge in [-0.2, -0.15) is 0 Å². The third-order valence-electron chi connectivity index (χ3n) is 4.96. The van der Waals surface area contributed by atoms with E-state index in [4.69, 9.17) is 0 Å². The Balaban J connectivity index is 1.46. The Hall–Kier alpha value is -3.48. The number of halogens is 1. The van der Waals surface area contributed by atoms with Crippen LogP contribution in [0.5, 0.6) is 0 Å². The summed E-state index contributed by atoms with van der Waals surface area (Å²) in [5.41, 5.74) is 2.10. The maximum absolute atomic E-state index is 13.3. The summed E-state index contributed by atoms with van der Waals surface area (Å²) >= 11 is 0. The number of amides is 1. The van der Waals surface area contributed by atoms with Crippen LogP contribution in [0, 0.1) is 5.82 Å². The summed E-state index contributed by atoms with van der Waals surface area (Å²) in [6.45, 7) is 1.39. The molecule has 1 atom stereocenters. The molecule has 1 aromatic heterocycles. The molecule has 2 heterocycles. The Morgan fingerprint density at radius 2 is 1.86 bits per heavy atom. The van der Waals surface area contributed by atoms with Gasteiger partial charge < -0.3 is 10.2 Å². The Morgan fingerprint density at radius 3 is 2.66 bits per heavy atom. The first kappa shape index (κ1) is 18.9.